The van der Waals surface area contributed by atoms with Crippen LogP contribution in [0.2, 0.25) is 0 Å². The number of ether oxygens (including phenoxy) is 1. The number of nitrogens with zero attached hydrogens (tertiary/aromatic N) is 1. The molecule has 0 aliphatic rings. The van der Waals surface area contributed by atoms with Crippen LogP contribution in [0.25, 0.3) is 0 Å². The molecule has 184 valence electrons. The molecule has 0 N–H and O–H groups in total. The van der Waals surface area contributed by atoms with E-state index in [9.17, 15) is 4.79 Å². The summed E-state index contributed by atoms with van der Waals surface area (Å²) < 4.78 is 5.29. The molecule has 0 aromatic carbocycles. The fourth-order valence-corrected chi connectivity index (χ4v) is 4.24. The lowest BCUT2D eigenvalue weighted by atomic mass is 10.0. The Labute approximate surface area is 199 Å². The van der Waals surface area contributed by atoms with Crippen LogP contribution in [0.15, 0.2) is 24.5 Å². The van der Waals surface area contributed by atoms with Crippen molar-refractivity contribution < 1.29 is 9.53 Å². The van der Waals surface area contributed by atoms with Gasteiger partial charge >= 0.3 is 5.97 Å². The van der Waals surface area contributed by atoms with Crippen molar-refractivity contribution in [3.8, 4) is 0 Å². The molecule has 0 bridgehead atoms. The quantitative estimate of drug-likeness (QED) is 0.124. The number of rotatable bonds is 23. The first-order valence-electron chi connectivity index (χ1n) is 13.9. The second-order valence-corrected chi connectivity index (χ2v) is 9.49. The third kappa shape index (κ3) is 19.3. The number of pyridine rings is 1. The van der Waals surface area contributed by atoms with Gasteiger partial charge in [-0.15, -0.1) is 0 Å². The first kappa shape index (κ1) is 28.7. The van der Waals surface area contributed by atoms with Gasteiger partial charge in [0.25, 0.3) is 0 Å². The van der Waals surface area contributed by atoms with Crippen LogP contribution >= 0.6 is 0 Å². The molecule has 0 atom stereocenters. The minimum Gasteiger partial charge on any atom is -0.461 e. The molecular weight excluding hydrogens is 394 g/mol. The number of carbonyl (C=O) groups is 1. The molecule has 0 aliphatic carbocycles. The average Bonchev–Trinajstić information content (AvgIpc) is 2.82. The van der Waals surface area contributed by atoms with Gasteiger partial charge in [-0.1, -0.05) is 135 Å². The van der Waals surface area contributed by atoms with Gasteiger partial charge in [0, 0.05) is 24.4 Å². The fourth-order valence-electron chi connectivity index (χ4n) is 4.24. The Kier molecular flexibility index (Phi) is 20.4. The van der Waals surface area contributed by atoms with Crippen molar-refractivity contribution in [1.82, 2.24) is 4.98 Å². The highest BCUT2D eigenvalue weighted by atomic mass is 16.5. The molecule has 0 spiro atoms. The predicted octanol–water partition coefficient (Wildman–Crippen LogP) is 9.34. The van der Waals surface area contributed by atoms with E-state index in [1.807, 2.05) is 12.1 Å². The van der Waals surface area contributed by atoms with Gasteiger partial charge in [0.2, 0.25) is 0 Å². The number of aromatic nitrogens is 1. The maximum absolute atomic E-state index is 11.8. The lowest BCUT2D eigenvalue weighted by molar-refractivity contribution is -0.145. The smallest absolute Gasteiger partial charge is 0.306 e. The van der Waals surface area contributed by atoms with E-state index in [1.54, 1.807) is 12.4 Å². The number of esters is 1. The zero-order chi connectivity index (χ0) is 23.0. The van der Waals surface area contributed by atoms with Crippen molar-refractivity contribution in [3.63, 3.8) is 0 Å². The number of hydrogen-bond donors (Lipinski definition) is 0. The van der Waals surface area contributed by atoms with Crippen LogP contribution in [0.3, 0.4) is 0 Å². The highest BCUT2D eigenvalue weighted by Gasteiger charge is 2.03. The van der Waals surface area contributed by atoms with E-state index in [0.717, 1.165) is 18.4 Å². The van der Waals surface area contributed by atoms with Gasteiger partial charge in [0.1, 0.15) is 6.61 Å². The van der Waals surface area contributed by atoms with Gasteiger partial charge in [-0.05, 0) is 12.5 Å². The zero-order valence-corrected chi connectivity index (χ0v) is 21.1. The summed E-state index contributed by atoms with van der Waals surface area (Å²) in [6.45, 7) is 2.63. The molecule has 0 unspecified atom stereocenters. The van der Waals surface area contributed by atoms with Crippen LogP contribution in [-0.4, -0.2) is 11.0 Å². The Morgan fingerprint density at radius 2 is 1.12 bits per heavy atom. The van der Waals surface area contributed by atoms with Crippen LogP contribution < -0.4 is 0 Å². The number of unbranched alkanes of at least 4 members (excludes halogenated alkanes) is 19. The zero-order valence-electron chi connectivity index (χ0n) is 21.1. The molecule has 0 saturated carbocycles. The first-order valence-corrected chi connectivity index (χ1v) is 13.9. The van der Waals surface area contributed by atoms with Gasteiger partial charge in [-0.25, -0.2) is 0 Å². The monoisotopic (exact) mass is 445 g/mol. The lowest BCUT2D eigenvalue weighted by Crippen LogP contribution is -2.04. The molecule has 1 rings (SSSR count). The van der Waals surface area contributed by atoms with Gasteiger partial charge in [-0.3, -0.25) is 9.78 Å². The summed E-state index contributed by atoms with van der Waals surface area (Å²) in [5.41, 5.74) is 0.948. The molecule has 32 heavy (non-hydrogen) atoms. The minimum absolute atomic E-state index is 0.0868. The van der Waals surface area contributed by atoms with Crippen molar-refractivity contribution in [1.29, 1.82) is 0 Å². The largest absolute Gasteiger partial charge is 0.461 e. The van der Waals surface area contributed by atoms with E-state index in [4.69, 9.17) is 4.74 Å². The third-order valence-electron chi connectivity index (χ3n) is 6.36. The first-order chi connectivity index (χ1) is 15.8. The summed E-state index contributed by atoms with van der Waals surface area (Å²) in [4.78, 5) is 15.8. The maximum atomic E-state index is 11.8. The number of hydrogen-bond acceptors (Lipinski definition) is 3. The van der Waals surface area contributed by atoms with Gasteiger partial charge in [0.05, 0.1) is 0 Å². The lowest BCUT2D eigenvalue weighted by Gasteiger charge is -2.05. The fraction of sp³-hybridized carbons (Fsp3) is 0.793. The molecule has 0 fully saturated rings. The summed E-state index contributed by atoms with van der Waals surface area (Å²) in [5.74, 6) is -0.0868. The second kappa shape index (κ2) is 22.8. The molecule has 1 heterocycles. The topological polar surface area (TPSA) is 39.2 Å². The van der Waals surface area contributed by atoms with E-state index in [0.29, 0.717) is 13.0 Å². The van der Waals surface area contributed by atoms with E-state index < -0.39 is 0 Å². The molecule has 1 aromatic heterocycles. The van der Waals surface area contributed by atoms with Crippen molar-refractivity contribution in [2.75, 3.05) is 0 Å². The Morgan fingerprint density at radius 3 is 1.53 bits per heavy atom. The van der Waals surface area contributed by atoms with Crippen LogP contribution in [0.5, 0.6) is 0 Å². The van der Waals surface area contributed by atoms with Crippen LogP contribution in [-0.2, 0) is 16.1 Å². The SMILES string of the molecule is CCCCCCCCCCCCCCCCCCCCCCC(=O)OCc1cccnc1. The normalized spacial score (nSPS) is 11.0. The summed E-state index contributed by atoms with van der Waals surface area (Å²) in [5, 5.41) is 0. The Balaban J connectivity index is 1.71. The molecule has 3 nitrogen and oxygen atoms in total. The predicted molar refractivity (Wildman–Crippen MR) is 137 cm³/mol. The molecule has 0 saturated heterocycles. The van der Waals surface area contributed by atoms with Gasteiger partial charge in [-0.2, -0.15) is 0 Å². The van der Waals surface area contributed by atoms with Crippen molar-refractivity contribution in [3.05, 3.63) is 30.1 Å². The van der Waals surface area contributed by atoms with Gasteiger partial charge < -0.3 is 4.74 Å². The van der Waals surface area contributed by atoms with Crippen LogP contribution in [0.4, 0.5) is 0 Å². The molecular formula is C29H51NO2. The summed E-state index contributed by atoms with van der Waals surface area (Å²) in [7, 11) is 0. The molecule has 0 amide bonds. The van der Waals surface area contributed by atoms with E-state index in [1.165, 1.54) is 116 Å². The molecule has 0 aliphatic heterocycles. The second-order valence-electron chi connectivity index (χ2n) is 9.49. The van der Waals surface area contributed by atoms with Gasteiger partial charge in [0.15, 0.2) is 0 Å². The van der Waals surface area contributed by atoms with E-state index in [2.05, 4.69) is 11.9 Å². The molecule has 0 radical (unpaired) electrons. The highest BCUT2D eigenvalue weighted by Crippen LogP contribution is 2.15. The average molecular weight is 446 g/mol. The van der Waals surface area contributed by atoms with Crippen molar-refractivity contribution in [2.24, 2.45) is 0 Å². The van der Waals surface area contributed by atoms with E-state index in [-0.39, 0.29) is 5.97 Å². The standard InChI is InChI=1S/C29H51NO2/c1-2-3-4-5-6-7-8-9-10-11-12-13-14-15-16-17-18-19-20-21-24-29(31)32-27-28-23-22-25-30-26-28/h22-23,25-26H,2-21,24,27H2,1H3. The molecule has 3 heteroatoms. The third-order valence-corrected chi connectivity index (χ3v) is 6.36. The van der Waals surface area contributed by atoms with Crippen LogP contribution in [0.1, 0.15) is 147 Å². The van der Waals surface area contributed by atoms with Crippen molar-refractivity contribution in [2.45, 2.75) is 148 Å². The maximum Gasteiger partial charge on any atom is 0.306 e. The highest BCUT2D eigenvalue weighted by molar-refractivity contribution is 5.69. The minimum atomic E-state index is -0.0868. The molecule has 1 aromatic rings. The Morgan fingerprint density at radius 1 is 0.688 bits per heavy atom. The van der Waals surface area contributed by atoms with E-state index >= 15 is 0 Å². The Bertz CT molecular complexity index is 517. The van der Waals surface area contributed by atoms with Crippen LogP contribution in [0, 0.1) is 0 Å². The number of carbonyl (C=O) groups excluding carboxylic acids is 1. The summed E-state index contributed by atoms with van der Waals surface area (Å²) in [6.07, 6.45) is 31.5. The summed E-state index contributed by atoms with van der Waals surface area (Å²) >= 11 is 0. The Hall–Kier alpha value is -1.38. The van der Waals surface area contributed by atoms with Crippen molar-refractivity contribution >= 4 is 5.97 Å². The summed E-state index contributed by atoms with van der Waals surface area (Å²) in [6, 6.07) is 3.79.